The van der Waals surface area contributed by atoms with Crippen LogP contribution in [0, 0.1) is 0 Å². The SMILES string of the molecule is CCCNCC(CC)N1CCCC(OCC)C1. The summed E-state index contributed by atoms with van der Waals surface area (Å²) in [4.78, 5) is 2.62. The van der Waals surface area contributed by atoms with E-state index in [1.54, 1.807) is 0 Å². The van der Waals surface area contributed by atoms with Crippen LogP contribution in [-0.4, -0.2) is 49.8 Å². The van der Waals surface area contributed by atoms with E-state index in [0.29, 0.717) is 12.1 Å². The van der Waals surface area contributed by atoms with E-state index >= 15 is 0 Å². The fraction of sp³-hybridized carbons (Fsp3) is 1.00. The lowest BCUT2D eigenvalue weighted by atomic mass is 10.0. The molecule has 0 aromatic heterocycles. The molecule has 0 bridgehead atoms. The Kier molecular flexibility index (Phi) is 7.82. The van der Waals surface area contributed by atoms with Gasteiger partial charge in [-0.3, -0.25) is 4.90 Å². The number of nitrogens with one attached hydrogen (secondary N) is 1. The van der Waals surface area contributed by atoms with Crippen LogP contribution in [0.2, 0.25) is 0 Å². The van der Waals surface area contributed by atoms with Crippen LogP contribution in [0.4, 0.5) is 0 Å². The van der Waals surface area contributed by atoms with E-state index in [0.717, 1.165) is 26.2 Å². The molecule has 0 aromatic carbocycles. The van der Waals surface area contributed by atoms with E-state index in [-0.39, 0.29) is 0 Å². The average Bonchev–Trinajstić information content (AvgIpc) is 2.35. The van der Waals surface area contributed by atoms with E-state index in [4.69, 9.17) is 4.74 Å². The number of nitrogens with zero attached hydrogens (tertiary/aromatic N) is 1. The van der Waals surface area contributed by atoms with Crippen LogP contribution in [0.1, 0.15) is 46.5 Å². The minimum absolute atomic E-state index is 0.467. The third-order valence-corrected chi connectivity index (χ3v) is 3.61. The largest absolute Gasteiger partial charge is 0.377 e. The Labute approximate surface area is 107 Å². The predicted molar refractivity (Wildman–Crippen MR) is 73.5 cm³/mol. The predicted octanol–water partition coefficient (Wildman–Crippen LogP) is 2.27. The fourth-order valence-electron chi connectivity index (χ4n) is 2.65. The van der Waals surface area contributed by atoms with Crippen LogP contribution in [0.15, 0.2) is 0 Å². The van der Waals surface area contributed by atoms with Gasteiger partial charge in [0.25, 0.3) is 0 Å². The maximum atomic E-state index is 5.77. The van der Waals surface area contributed by atoms with Crippen LogP contribution >= 0.6 is 0 Å². The van der Waals surface area contributed by atoms with Gasteiger partial charge in [-0.05, 0) is 45.7 Å². The second kappa shape index (κ2) is 8.90. The molecule has 0 aromatic rings. The van der Waals surface area contributed by atoms with Gasteiger partial charge in [0, 0.05) is 25.7 Å². The van der Waals surface area contributed by atoms with Crippen molar-refractivity contribution in [2.75, 3.05) is 32.8 Å². The van der Waals surface area contributed by atoms with E-state index in [9.17, 15) is 0 Å². The molecular weight excluding hydrogens is 212 g/mol. The van der Waals surface area contributed by atoms with Crippen molar-refractivity contribution in [1.29, 1.82) is 0 Å². The van der Waals surface area contributed by atoms with Crippen LogP contribution < -0.4 is 5.32 Å². The summed E-state index contributed by atoms with van der Waals surface area (Å²) in [6.07, 6.45) is 5.44. The van der Waals surface area contributed by atoms with Crippen LogP contribution in [-0.2, 0) is 4.74 Å². The standard InChI is InChI=1S/C14H30N2O/c1-4-9-15-11-13(5-2)16-10-7-8-14(12-16)17-6-3/h13-15H,4-12H2,1-3H3. The first kappa shape index (κ1) is 14.9. The lowest BCUT2D eigenvalue weighted by Gasteiger charge is -2.38. The fourth-order valence-corrected chi connectivity index (χ4v) is 2.65. The molecule has 1 fully saturated rings. The van der Waals surface area contributed by atoms with Gasteiger partial charge in [-0.25, -0.2) is 0 Å². The third-order valence-electron chi connectivity index (χ3n) is 3.61. The number of likely N-dealkylation sites (tertiary alicyclic amines) is 1. The Morgan fingerprint density at radius 2 is 2.18 bits per heavy atom. The van der Waals surface area contributed by atoms with E-state index in [1.807, 2.05) is 0 Å². The average molecular weight is 242 g/mol. The smallest absolute Gasteiger partial charge is 0.0702 e. The summed E-state index contributed by atoms with van der Waals surface area (Å²) in [6, 6.07) is 0.685. The lowest BCUT2D eigenvalue weighted by molar-refractivity contribution is -0.00767. The molecule has 3 nitrogen and oxygen atoms in total. The van der Waals surface area contributed by atoms with Crippen molar-refractivity contribution in [1.82, 2.24) is 10.2 Å². The van der Waals surface area contributed by atoms with E-state index < -0.39 is 0 Å². The number of rotatable bonds is 8. The van der Waals surface area contributed by atoms with Gasteiger partial charge in [0.05, 0.1) is 6.10 Å². The molecule has 0 radical (unpaired) electrons. The number of hydrogen-bond donors (Lipinski definition) is 1. The van der Waals surface area contributed by atoms with Crippen molar-refractivity contribution >= 4 is 0 Å². The maximum Gasteiger partial charge on any atom is 0.0702 e. The van der Waals surface area contributed by atoms with Crippen molar-refractivity contribution in [3.05, 3.63) is 0 Å². The zero-order valence-electron chi connectivity index (χ0n) is 11.9. The Morgan fingerprint density at radius 1 is 1.35 bits per heavy atom. The Bertz CT molecular complexity index is 185. The minimum atomic E-state index is 0.467. The molecule has 1 heterocycles. The summed E-state index contributed by atoms with van der Waals surface area (Å²) in [5.41, 5.74) is 0. The van der Waals surface area contributed by atoms with Gasteiger partial charge in [0.15, 0.2) is 0 Å². The molecule has 1 rings (SSSR count). The lowest BCUT2D eigenvalue weighted by Crippen LogP contribution is -2.49. The minimum Gasteiger partial charge on any atom is -0.377 e. The van der Waals surface area contributed by atoms with Crippen LogP contribution in [0.5, 0.6) is 0 Å². The van der Waals surface area contributed by atoms with Gasteiger partial charge in [-0.1, -0.05) is 13.8 Å². The highest BCUT2D eigenvalue weighted by Crippen LogP contribution is 2.16. The topological polar surface area (TPSA) is 24.5 Å². The maximum absolute atomic E-state index is 5.77. The molecule has 102 valence electrons. The summed E-state index contributed by atoms with van der Waals surface area (Å²) in [5.74, 6) is 0. The molecule has 0 aliphatic carbocycles. The molecule has 2 unspecified atom stereocenters. The molecule has 2 atom stereocenters. The van der Waals surface area contributed by atoms with Crippen LogP contribution in [0.3, 0.4) is 0 Å². The summed E-state index contributed by atoms with van der Waals surface area (Å²) in [7, 11) is 0. The Balaban J connectivity index is 2.33. The van der Waals surface area contributed by atoms with Gasteiger partial charge in [0.1, 0.15) is 0 Å². The zero-order chi connectivity index (χ0) is 12.5. The molecule has 1 N–H and O–H groups in total. The first-order chi connectivity index (χ1) is 8.31. The quantitative estimate of drug-likeness (QED) is 0.661. The van der Waals surface area contributed by atoms with Crippen molar-refractivity contribution in [3.8, 4) is 0 Å². The second-order valence-corrected chi connectivity index (χ2v) is 4.98. The Morgan fingerprint density at radius 3 is 2.82 bits per heavy atom. The summed E-state index contributed by atoms with van der Waals surface area (Å²) < 4.78 is 5.77. The Hall–Kier alpha value is -0.120. The molecule has 0 amide bonds. The molecule has 1 aliphatic rings. The first-order valence-corrected chi connectivity index (χ1v) is 7.38. The first-order valence-electron chi connectivity index (χ1n) is 7.38. The van der Waals surface area contributed by atoms with Crippen molar-refractivity contribution < 1.29 is 4.74 Å². The summed E-state index contributed by atoms with van der Waals surface area (Å²) in [6.45, 7) is 12.1. The highest BCUT2D eigenvalue weighted by atomic mass is 16.5. The molecular formula is C14H30N2O. The third kappa shape index (κ3) is 5.36. The van der Waals surface area contributed by atoms with Gasteiger partial charge in [0.2, 0.25) is 0 Å². The van der Waals surface area contributed by atoms with Crippen molar-refractivity contribution in [2.24, 2.45) is 0 Å². The number of ether oxygens (including phenoxy) is 1. The summed E-state index contributed by atoms with van der Waals surface area (Å²) in [5, 5.41) is 3.55. The van der Waals surface area contributed by atoms with E-state index in [1.165, 1.54) is 32.2 Å². The van der Waals surface area contributed by atoms with Gasteiger partial charge in [-0.2, -0.15) is 0 Å². The van der Waals surface area contributed by atoms with Crippen LogP contribution in [0.25, 0.3) is 0 Å². The summed E-state index contributed by atoms with van der Waals surface area (Å²) >= 11 is 0. The monoisotopic (exact) mass is 242 g/mol. The normalized spacial score (nSPS) is 23.8. The molecule has 1 aliphatic heterocycles. The van der Waals surface area contributed by atoms with Crippen molar-refractivity contribution in [3.63, 3.8) is 0 Å². The zero-order valence-corrected chi connectivity index (χ0v) is 11.9. The molecule has 0 saturated carbocycles. The highest BCUT2D eigenvalue weighted by Gasteiger charge is 2.24. The van der Waals surface area contributed by atoms with Gasteiger partial charge < -0.3 is 10.1 Å². The van der Waals surface area contributed by atoms with Gasteiger partial charge >= 0.3 is 0 Å². The number of hydrogen-bond acceptors (Lipinski definition) is 3. The van der Waals surface area contributed by atoms with E-state index in [2.05, 4.69) is 31.0 Å². The van der Waals surface area contributed by atoms with Gasteiger partial charge in [-0.15, -0.1) is 0 Å². The van der Waals surface area contributed by atoms with Crippen molar-refractivity contribution in [2.45, 2.75) is 58.6 Å². The highest BCUT2D eigenvalue weighted by molar-refractivity contribution is 4.80. The number of piperidine rings is 1. The molecule has 3 heteroatoms. The second-order valence-electron chi connectivity index (χ2n) is 4.98. The molecule has 17 heavy (non-hydrogen) atoms. The molecule has 0 spiro atoms. The molecule has 1 saturated heterocycles.